The third-order valence-electron chi connectivity index (χ3n) is 2.62. The van der Waals surface area contributed by atoms with E-state index in [-0.39, 0.29) is 11.9 Å². The molecule has 18 heavy (non-hydrogen) atoms. The first-order chi connectivity index (χ1) is 8.69. The first kappa shape index (κ1) is 13.0. The van der Waals surface area contributed by atoms with Crippen LogP contribution in [0.5, 0.6) is 0 Å². The van der Waals surface area contributed by atoms with Gasteiger partial charge in [-0.25, -0.2) is 4.39 Å². The molecule has 0 bridgehead atoms. The van der Waals surface area contributed by atoms with E-state index in [1.807, 2.05) is 26.0 Å². The Labute approximate surface area is 110 Å². The molecule has 2 aromatic rings. The zero-order valence-electron chi connectivity index (χ0n) is 10.5. The van der Waals surface area contributed by atoms with E-state index in [4.69, 9.17) is 0 Å². The van der Waals surface area contributed by atoms with Crippen molar-refractivity contribution in [2.75, 3.05) is 5.32 Å². The summed E-state index contributed by atoms with van der Waals surface area (Å²) in [5, 5.41) is 13.2. The van der Waals surface area contributed by atoms with Gasteiger partial charge in [0.15, 0.2) is 0 Å². The summed E-state index contributed by atoms with van der Waals surface area (Å²) in [6, 6.07) is 6.98. The topological polar surface area (TPSA) is 37.8 Å². The second-order valence-electron chi connectivity index (χ2n) is 4.20. The third kappa shape index (κ3) is 3.26. The molecule has 0 amide bonds. The molecular weight excluding hydrogens is 249 g/mol. The van der Waals surface area contributed by atoms with Crippen LogP contribution in [0.25, 0.3) is 0 Å². The Morgan fingerprint density at radius 2 is 2.11 bits per heavy atom. The van der Waals surface area contributed by atoms with Crippen molar-refractivity contribution < 1.29 is 4.39 Å². The van der Waals surface area contributed by atoms with Crippen molar-refractivity contribution in [1.29, 1.82) is 0 Å². The van der Waals surface area contributed by atoms with Gasteiger partial charge in [0.2, 0.25) is 5.13 Å². The molecule has 1 N–H and O–H groups in total. The van der Waals surface area contributed by atoms with Gasteiger partial charge in [-0.1, -0.05) is 36.5 Å². The van der Waals surface area contributed by atoms with E-state index in [2.05, 4.69) is 15.5 Å². The number of hydrogen-bond acceptors (Lipinski definition) is 4. The van der Waals surface area contributed by atoms with Crippen molar-refractivity contribution in [3.8, 4) is 0 Å². The summed E-state index contributed by atoms with van der Waals surface area (Å²) in [4.78, 5) is 0. The van der Waals surface area contributed by atoms with Gasteiger partial charge in [0.1, 0.15) is 10.8 Å². The minimum atomic E-state index is -0.155. The molecule has 1 heterocycles. The average Bonchev–Trinajstić information content (AvgIpc) is 2.80. The summed E-state index contributed by atoms with van der Waals surface area (Å²) in [5.74, 6) is -0.155. The molecule has 1 aromatic heterocycles. The lowest BCUT2D eigenvalue weighted by molar-refractivity contribution is 0.601. The van der Waals surface area contributed by atoms with Gasteiger partial charge < -0.3 is 5.32 Å². The summed E-state index contributed by atoms with van der Waals surface area (Å²) in [7, 11) is 0. The number of anilines is 1. The first-order valence-corrected chi connectivity index (χ1v) is 6.83. The number of hydrogen-bond donors (Lipinski definition) is 1. The zero-order chi connectivity index (χ0) is 13.0. The van der Waals surface area contributed by atoms with Gasteiger partial charge in [0.05, 0.1) is 0 Å². The van der Waals surface area contributed by atoms with Gasteiger partial charge in [-0.15, -0.1) is 10.2 Å². The fourth-order valence-corrected chi connectivity index (χ4v) is 2.50. The van der Waals surface area contributed by atoms with E-state index in [0.29, 0.717) is 6.42 Å². The molecule has 1 unspecified atom stereocenters. The highest BCUT2D eigenvalue weighted by Gasteiger charge is 2.09. The van der Waals surface area contributed by atoms with E-state index in [9.17, 15) is 4.39 Å². The minimum Gasteiger partial charge on any atom is -0.357 e. The maximum atomic E-state index is 13.5. The smallest absolute Gasteiger partial charge is 0.205 e. The van der Waals surface area contributed by atoms with Gasteiger partial charge in [0.25, 0.3) is 0 Å². The normalized spacial score (nSPS) is 12.4. The van der Waals surface area contributed by atoms with Gasteiger partial charge >= 0.3 is 0 Å². The fraction of sp³-hybridized carbons (Fsp3) is 0.385. The van der Waals surface area contributed by atoms with Crippen LogP contribution in [0, 0.1) is 5.82 Å². The molecule has 1 aromatic carbocycles. The molecule has 0 spiro atoms. The lowest BCUT2D eigenvalue weighted by Gasteiger charge is -2.12. The maximum Gasteiger partial charge on any atom is 0.205 e. The molecule has 0 saturated carbocycles. The van der Waals surface area contributed by atoms with Crippen LogP contribution in [0.2, 0.25) is 0 Å². The number of aryl methyl sites for hydroxylation is 1. The Kier molecular flexibility index (Phi) is 4.25. The Morgan fingerprint density at radius 1 is 1.33 bits per heavy atom. The zero-order valence-corrected chi connectivity index (χ0v) is 11.3. The molecule has 0 saturated heterocycles. The molecule has 2 rings (SSSR count). The second-order valence-corrected chi connectivity index (χ2v) is 5.26. The number of aromatic nitrogens is 2. The largest absolute Gasteiger partial charge is 0.357 e. The van der Waals surface area contributed by atoms with Crippen molar-refractivity contribution in [3.63, 3.8) is 0 Å². The van der Waals surface area contributed by atoms with Gasteiger partial charge in [-0.2, -0.15) is 0 Å². The predicted octanol–water partition coefficient (Wildman–Crippen LogP) is 3.28. The Balaban J connectivity index is 1.96. The number of nitrogens with one attached hydrogen (secondary N) is 1. The summed E-state index contributed by atoms with van der Waals surface area (Å²) in [5.41, 5.74) is 0.720. The molecule has 0 aliphatic carbocycles. The van der Waals surface area contributed by atoms with Crippen LogP contribution in [0.15, 0.2) is 24.3 Å². The summed E-state index contributed by atoms with van der Waals surface area (Å²) >= 11 is 1.55. The summed E-state index contributed by atoms with van der Waals surface area (Å²) in [6.45, 7) is 4.06. The Morgan fingerprint density at radius 3 is 2.78 bits per heavy atom. The second kappa shape index (κ2) is 5.91. The van der Waals surface area contributed by atoms with Crippen LogP contribution in [-0.4, -0.2) is 16.2 Å². The molecular formula is C13H16FN3S. The third-order valence-corrected chi connectivity index (χ3v) is 3.62. The Bertz CT molecular complexity index is 512. The quantitative estimate of drug-likeness (QED) is 0.901. The van der Waals surface area contributed by atoms with E-state index in [1.54, 1.807) is 17.4 Å². The molecule has 0 fully saturated rings. The fourth-order valence-electron chi connectivity index (χ4n) is 1.71. The van der Waals surface area contributed by atoms with E-state index < -0.39 is 0 Å². The minimum absolute atomic E-state index is 0.125. The van der Waals surface area contributed by atoms with Crippen LogP contribution in [0.1, 0.15) is 24.4 Å². The monoisotopic (exact) mass is 265 g/mol. The van der Waals surface area contributed by atoms with Crippen molar-refractivity contribution in [1.82, 2.24) is 10.2 Å². The number of benzene rings is 1. The standard InChI is InChI=1S/C13H16FN3S/c1-3-12-16-17-13(18-12)15-9(2)8-10-6-4-5-7-11(10)14/h4-7,9H,3,8H2,1-2H3,(H,15,17). The molecule has 96 valence electrons. The Hall–Kier alpha value is -1.49. The molecule has 0 aliphatic heterocycles. The van der Waals surface area contributed by atoms with E-state index in [0.717, 1.165) is 22.1 Å². The SMILES string of the molecule is CCc1nnc(NC(C)Cc2ccccc2F)s1. The molecule has 5 heteroatoms. The highest BCUT2D eigenvalue weighted by molar-refractivity contribution is 7.15. The van der Waals surface area contributed by atoms with Crippen LogP contribution in [0.4, 0.5) is 9.52 Å². The average molecular weight is 265 g/mol. The lowest BCUT2D eigenvalue weighted by Crippen LogP contribution is -2.18. The first-order valence-electron chi connectivity index (χ1n) is 6.01. The van der Waals surface area contributed by atoms with Crippen LogP contribution in [0.3, 0.4) is 0 Å². The number of halogens is 1. The number of rotatable bonds is 5. The summed E-state index contributed by atoms with van der Waals surface area (Å²) in [6.07, 6.45) is 1.52. The van der Waals surface area contributed by atoms with Crippen molar-refractivity contribution >= 4 is 16.5 Å². The van der Waals surface area contributed by atoms with E-state index in [1.165, 1.54) is 6.07 Å². The van der Waals surface area contributed by atoms with Crippen LogP contribution >= 0.6 is 11.3 Å². The van der Waals surface area contributed by atoms with Gasteiger partial charge in [-0.3, -0.25) is 0 Å². The van der Waals surface area contributed by atoms with E-state index >= 15 is 0 Å². The summed E-state index contributed by atoms with van der Waals surface area (Å²) < 4.78 is 13.5. The maximum absolute atomic E-state index is 13.5. The lowest BCUT2D eigenvalue weighted by atomic mass is 10.1. The molecule has 3 nitrogen and oxygen atoms in total. The van der Waals surface area contributed by atoms with Gasteiger partial charge in [-0.05, 0) is 31.4 Å². The van der Waals surface area contributed by atoms with Crippen molar-refractivity contribution in [3.05, 3.63) is 40.7 Å². The molecule has 0 aliphatic rings. The molecule has 0 radical (unpaired) electrons. The van der Waals surface area contributed by atoms with Crippen LogP contribution < -0.4 is 5.32 Å². The highest BCUT2D eigenvalue weighted by atomic mass is 32.1. The highest BCUT2D eigenvalue weighted by Crippen LogP contribution is 2.18. The molecule has 1 atom stereocenters. The van der Waals surface area contributed by atoms with Crippen LogP contribution in [-0.2, 0) is 12.8 Å². The van der Waals surface area contributed by atoms with Crippen molar-refractivity contribution in [2.24, 2.45) is 0 Å². The van der Waals surface area contributed by atoms with Gasteiger partial charge in [0, 0.05) is 6.04 Å². The predicted molar refractivity (Wildman–Crippen MR) is 72.5 cm³/mol. The van der Waals surface area contributed by atoms with Crippen molar-refractivity contribution in [2.45, 2.75) is 32.7 Å². The number of nitrogens with zero attached hydrogens (tertiary/aromatic N) is 2.